The molecule has 0 unspecified atom stereocenters. The SMILES string of the molecule is COc1ccc(NC2=C(c3ccc([N+](=O)[O-])cc3)C(=O)N(CC(C)C)C2=O)cc1OC. The number of hydrogen-bond donors (Lipinski definition) is 1. The molecule has 2 aromatic carbocycles. The third-order valence-corrected chi connectivity index (χ3v) is 4.74. The Balaban J connectivity index is 2.07. The molecular weight excluding hydrogens is 402 g/mol. The highest BCUT2D eigenvalue weighted by atomic mass is 16.6. The number of hydrogen-bond acceptors (Lipinski definition) is 7. The van der Waals surface area contributed by atoms with Gasteiger partial charge in [0.15, 0.2) is 11.5 Å². The molecule has 0 radical (unpaired) electrons. The highest BCUT2D eigenvalue weighted by molar-refractivity contribution is 6.36. The van der Waals surface area contributed by atoms with Crippen LogP contribution in [-0.4, -0.2) is 42.4 Å². The summed E-state index contributed by atoms with van der Waals surface area (Å²) >= 11 is 0. The lowest BCUT2D eigenvalue weighted by molar-refractivity contribution is -0.384. The highest BCUT2D eigenvalue weighted by Crippen LogP contribution is 2.34. The van der Waals surface area contributed by atoms with Crippen molar-refractivity contribution in [1.82, 2.24) is 4.90 Å². The van der Waals surface area contributed by atoms with Gasteiger partial charge in [0, 0.05) is 30.4 Å². The van der Waals surface area contributed by atoms with Crippen molar-refractivity contribution < 1.29 is 24.0 Å². The van der Waals surface area contributed by atoms with Gasteiger partial charge in [-0.1, -0.05) is 13.8 Å². The maximum absolute atomic E-state index is 13.1. The number of nitrogens with zero attached hydrogens (tertiary/aromatic N) is 2. The number of rotatable bonds is 8. The zero-order chi connectivity index (χ0) is 22.7. The van der Waals surface area contributed by atoms with E-state index in [1.807, 2.05) is 13.8 Å². The van der Waals surface area contributed by atoms with Crippen molar-refractivity contribution in [3.05, 3.63) is 63.8 Å². The molecule has 3 rings (SSSR count). The molecule has 9 nitrogen and oxygen atoms in total. The van der Waals surface area contributed by atoms with Gasteiger partial charge in [0.05, 0.1) is 24.7 Å². The van der Waals surface area contributed by atoms with Gasteiger partial charge in [0.2, 0.25) is 0 Å². The number of benzene rings is 2. The Bertz CT molecular complexity index is 1060. The molecule has 0 bridgehead atoms. The number of non-ortho nitro benzene ring substituents is 1. The Hall–Kier alpha value is -3.88. The quantitative estimate of drug-likeness (QED) is 0.392. The molecule has 2 aromatic rings. The van der Waals surface area contributed by atoms with Gasteiger partial charge in [-0.2, -0.15) is 0 Å². The van der Waals surface area contributed by atoms with E-state index < -0.39 is 16.7 Å². The molecule has 0 fully saturated rings. The van der Waals surface area contributed by atoms with Crippen LogP contribution in [0, 0.1) is 16.0 Å². The van der Waals surface area contributed by atoms with Gasteiger partial charge in [-0.15, -0.1) is 0 Å². The van der Waals surface area contributed by atoms with E-state index in [-0.39, 0.29) is 29.4 Å². The summed E-state index contributed by atoms with van der Waals surface area (Å²) in [6.07, 6.45) is 0. The zero-order valence-corrected chi connectivity index (χ0v) is 17.7. The Morgan fingerprint density at radius 2 is 1.65 bits per heavy atom. The topological polar surface area (TPSA) is 111 Å². The van der Waals surface area contributed by atoms with Crippen molar-refractivity contribution in [2.45, 2.75) is 13.8 Å². The monoisotopic (exact) mass is 425 g/mol. The van der Waals surface area contributed by atoms with E-state index in [1.54, 1.807) is 18.2 Å². The van der Waals surface area contributed by atoms with Crippen LogP contribution in [-0.2, 0) is 9.59 Å². The van der Waals surface area contributed by atoms with E-state index in [4.69, 9.17) is 9.47 Å². The summed E-state index contributed by atoms with van der Waals surface area (Å²) in [7, 11) is 3.01. The molecular formula is C22H23N3O6. The van der Waals surface area contributed by atoms with Crippen LogP contribution >= 0.6 is 0 Å². The van der Waals surface area contributed by atoms with Gasteiger partial charge >= 0.3 is 0 Å². The summed E-state index contributed by atoms with van der Waals surface area (Å²) in [4.78, 5) is 37.9. The van der Waals surface area contributed by atoms with Crippen LogP contribution in [0.4, 0.5) is 11.4 Å². The number of anilines is 1. The standard InChI is InChI=1S/C22H23N3O6/c1-13(2)12-24-21(26)19(14-5-8-16(9-6-14)25(28)29)20(22(24)27)23-15-7-10-17(30-3)18(11-15)31-4/h5-11,13,23H,12H2,1-4H3. The average Bonchev–Trinajstić information content (AvgIpc) is 2.97. The van der Waals surface area contributed by atoms with Crippen molar-refractivity contribution in [3.63, 3.8) is 0 Å². The molecule has 9 heteroatoms. The third-order valence-electron chi connectivity index (χ3n) is 4.74. The molecule has 1 heterocycles. The van der Waals surface area contributed by atoms with Crippen LogP contribution < -0.4 is 14.8 Å². The molecule has 0 aliphatic carbocycles. The molecule has 162 valence electrons. The fourth-order valence-electron chi connectivity index (χ4n) is 3.30. The van der Waals surface area contributed by atoms with Crippen molar-refractivity contribution in [2.24, 2.45) is 5.92 Å². The second kappa shape index (κ2) is 8.86. The lowest BCUT2D eigenvalue weighted by Crippen LogP contribution is -2.35. The van der Waals surface area contributed by atoms with Crippen LogP contribution in [0.1, 0.15) is 19.4 Å². The summed E-state index contributed by atoms with van der Waals surface area (Å²) < 4.78 is 10.5. The number of ether oxygens (including phenoxy) is 2. The van der Waals surface area contributed by atoms with E-state index in [1.165, 1.54) is 43.4 Å². The molecule has 0 spiro atoms. The van der Waals surface area contributed by atoms with Gasteiger partial charge < -0.3 is 14.8 Å². The van der Waals surface area contributed by atoms with Gasteiger partial charge in [-0.25, -0.2) is 0 Å². The number of nitrogens with one attached hydrogen (secondary N) is 1. The van der Waals surface area contributed by atoms with Crippen LogP contribution in [0.5, 0.6) is 11.5 Å². The predicted octanol–water partition coefficient (Wildman–Crippen LogP) is 3.46. The minimum absolute atomic E-state index is 0.0754. The highest BCUT2D eigenvalue weighted by Gasteiger charge is 2.39. The van der Waals surface area contributed by atoms with Crippen LogP contribution in [0.3, 0.4) is 0 Å². The summed E-state index contributed by atoms with van der Waals surface area (Å²) in [6.45, 7) is 4.07. The fraction of sp³-hybridized carbons (Fsp3) is 0.273. The third kappa shape index (κ3) is 4.35. The Kier molecular flexibility index (Phi) is 6.24. The summed E-state index contributed by atoms with van der Waals surface area (Å²) in [5.74, 6) is 0.150. The molecule has 0 atom stereocenters. The van der Waals surface area contributed by atoms with Gasteiger partial charge in [0.1, 0.15) is 5.70 Å². The van der Waals surface area contributed by atoms with E-state index in [9.17, 15) is 19.7 Å². The first-order chi connectivity index (χ1) is 14.8. The van der Waals surface area contributed by atoms with Gasteiger partial charge in [-0.3, -0.25) is 24.6 Å². The number of amides is 2. The average molecular weight is 425 g/mol. The number of methoxy groups -OCH3 is 2. The second-order valence-electron chi connectivity index (χ2n) is 7.36. The number of nitro groups is 1. The van der Waals surface area contributed by atoms with Crippen LogP contribution in [0.2, 0.25) is 0 Å². The molecule has 2 amide bonds. The van der Waals surface area contributed by atoms with E-state index in [2.05, 4.69) is 5.32 Å². The van der Waals surface area contributed by atoms with Crippen LogP contribution in [0.15, 0.2) is 48.2 Å². The van der Waals surface area contributed by atoms with Crippen molar-refractivity contribution in [2.75, 3.05) is 26.1 Å². The minimum atomic E-state index is -0.520. The Morgan fingerprint density at radius 1 is 1.00 bits per heavy atom. The Morgan fingerprint density at radius 3 is 2.19 bits per heavy atom. The first kappa shape index (κ1) is 21.8. The first-order valence-corrected chi connectivity index (χ1v) is 9.61. The van der Waals surface area contributed by atoms with Crippen molar-refractivity contribution in [3.8, 4) is 11.5 Å². The molecule has 1 aliphatic heterocycles. The molecule has 0 saturated heterocycles. The van der Waals surface area contributed by atoms with Crippen molar-refractivity contribution in [1.29, 1.82) is 0 Å². The van der Waals surface area contributed by atoms with E-state index in [0.29, 0.717) is 22.7 Å². The molecule has 0 aromatic heterocycles. The predicted molar refractivity (Wildman–Crippen MR) is 115 cm³/mol. The largest absolute Gasteiger partial charge is 0.493 e. The second-order valence-corrected chi connectivity index (χ2v) is 7.36. The fourth-order valence-corrected chi connectivity index (χ4v) is 3.30. The number of imide groups is 1. The minimum Gasteiger partial charge on any atom is -0.493 e. The molecule has 1 aliphatic rings. The maximum atomic E-state index is 13.1. The lowest BCUT2D eigenvalue weighted by atomic mass is 10.0. The van der Waals surface area contributed by atoms with Crippen LogP contribution in [0.25, 0.3) is 5.57 Å². The van der Waals surface area contributed by atoms with Crippen molar-refractivity contribution >= 4 is 28.8 Å². The van der Waals surface area contributed by atoms with E-state index in [0.717, 1.165) is 0 Å². The summed E-state index contributed by atoms with van der Waals surface area (Å²) in [6, 6.07) is 10.6. The number of nitro benzene ring substituents is 1. The smallest absolute Gasteiger partial charge is 0.278 e. The zero-order valence-electron chi connectivity index (χ0n) is 17.7. The van der Waals surface area contributed by atoms with Gasteiger partial charge in [-0.05, 0) is 35.7 Å². The van der Waals surface area contributed by atoms with Gasteiger partial charge in [0.25, 0.3) is 17.5 Å². The summed E-state index contributed by atoms with van der Waals surface area (Å²) in [5, 5.41) is 14.0. The number of carbonyl (C=O) groups is 2. The molecule has 0 saturated carbocycles. The molecule has 31 heavy (non-hydrogen) atoms. The first-order valence-electron chi connectivity index (χ1n) is 9.61. The normalized spacial score (nSPS) is 13.8. The number of carbonyl (C=O) groups excluding carboxylic acids is 2. The van der Waals surface area contributed by atoms with E-state index >= 15 is 0 Å². The Labute approximate surface area is 179 Å². The molecule has 1 N–H and O–H groups in total. The summed E-state index contributed by atoms with van der Waals surface area (Å²) in [5.41, 5.74) is 1.11. The lowest BCUT2D eigenvalue weighted by Gasteiger charge is -2.17. The maximum Gasteiger partial charge on any atom is 0.278 e.